The standard InChI is InChI=1S/C23H21N3O2S/c1-26(15-17-7-9-19(10-8-17)18-5-3-2-4-6-18)22(27)12-11-21-24-25-23(28-21)20-13-14-29-16-20/h2-10,13-14,16H,11-12,15H2,1H3. The topological polar surface area (TPSA) is 59.2 Å². The molecule has 5 nitrogen and oxygen atoms in total. The minimum Gasteiger partial charge on any atom is -0.421 e. The van der Waals surface area contributed by atoms with Gasteiger partial charge in [-0.3, -0.25) is 4.79 Å². The first-order chi connectivity index (χ1) is 14.2. The Labute approximate surface area is 173 Å². The molecule has 0 saturated heterocycles. The molecule has 6 heteroatoms. The quantitative estimate of drug-likeness (QED) is 0.433. The number of benzene rings is 2. The van der Waals surface area contributed by atoms with Crippen LogP contribution in [0.25, 0.3) is 22.6 Å². The summed E-state index contributed by atoms with van der Waals surface area (Å²) >= 11 is 1.58. The average Bonchev–Trinajstić information content (AvgIpc) is 3.45. The summed E-state index contributed by atoms with van der Waals surface area (Å²) in [6.07, 6.45) is 0.775. The Morgan fingerprint density at radius 3 is 2.45 bits per heavy atom. The number of aromatic nitrogens is 2. The second-order valence-electron chi connectivity index (χ2n) is 6.83. The van der Waals surface area contributed by atoms with E-state index in [4.69, 9.17) is 4.42 Å². The van der Waals surface area contributed by atoms with Crippen molar-refractivity contribution in [3.05, 3.63) is 82.9 Å². The van der Waals surface area contributed by atoms with Gasteiger partial charge in [-0.15, -0.1) is 10.2 Å². The van der Waals surface area contributed by atoms with Crippen molar-refractivity contribution in [2.75, 3.05) is 7.05 Å². The molecule has 0 saturated carbocycles. The van der Waals surface area contributed by atoms with Gasteiger partial charge in [-0.2, -0.15) is 11.3 Å². The number of hydrogen-bond donors (Lipinski definition) is 0. The molecule has 4 aromatic rings. The van der Waals surface area contributed by atoms with Crippen molar-refractivity contribution >= 4 is 17.2 Å². The van der Waals surface area contributed by atoms with E-state index in [9.17, 15) is 4.79 Å². The van der Waals surface area contributed by atoms with Gasteiger partial charge in [0.05, 0.1) is 0 Å². The minimum absolute atomic E-state index is 0.0485. The van der Waals surface area contributed by atoms with Crippen molar-refractivity contribution in [3.63, 3.8) is 0 Å². The number of hydrogen-bond acceptors (Lipinski definition) is 5. The van der Waals surface area contributed by atoms with E-state index in [-0.39, 0.29) is 5.91 Å². The van der Waals surface area contributed by atoms with Crippen molar-refractivity contribution in [1.29, 1.82) is 0 Å². The molecule has 0 unspecified atom stereocenters. The zero-order chi connectivity index (χ0) is 20.1. The Bertz CT molecular complexity index is 1060. The SMILES string of the molecule is CN(Cc1ccc(-c2ccccc2)cc1)C(=O)CCc1nnc(-c2ccsc2)o1. The Balaban J connectivity index is 1.30. The number of carbonyl (C=O) groups is 1. The molecule has 0 fully saturated rings. The van der Waals surface area contributed by atoms with E-state index < -0.39 is 0 Å². The van der Waals surface area contributed by atoms with Crippen molar-refractivity contribution in [3.8, 4) is 22.6 Å². The first-order valence-corrected chi connectivity index (χ1v) is 10.4. The highest BCUT2D eigenvalue weighted by Gasteiger charge is 2.14. The van der Waals surface area contributed by atoms with Crippen LogP contribution >= 0.6 is 11.3 Å². The lowest BCUT2D eigenvalue weighted by molar-refractivity contribution is -0.130. The molecule has 2 heterocycles. The van der Waals surface area contributed by atoms with Gasteiger partial charge in [0.1, 0.15) is 0 Å². The number of amides is 1. The summed E-state index contributed by atoms with van der Waals surface area (Å²) < 4.78 is 5.65. The van der Waals surface area contributed by atoms with Crippen molar-refractivity contribution in [2.45, 2.75) is 19.4 Å². The smallest absolute Gasteiger partial charge is 0.248 e. The monoisotopic (exact) mass is 403 g/mol. The second kappa shape index (κ2) is 8.84. The summed E-state index contributed by atoms with van der Waals surface area (Å²) in [5.74, 6) is 1.04. The molecule has 29 heavy (non-hydrogen) atoms. The summed E-state index contributed by atoms with van der Waals surface area (Å²) in [6, 6.07) is 20.5. The maximum atomic E-state index is 12.5. The summed E-state index contributed by atoms with van der Waals surface area (Å²) in [5, 5.41) is 12.0. The van der Waals surface area contributed by atoms with Crippen LogP contribution in [0.5, 0.6) is 0 Å². The van der Waals surface area contributed by atoms with Gasteiger partial charge in [-0.1, -0.05) is 54.6 Å². The van der Waals surface area contributed by atoms with Gasteiger partial charge in [-0.05, 0) is 28.1 Å². The van der Waals surface area contributed by atoms with Gasteiger partial charge in [-0.25, -0.2) is 0 Å². The van der Waals surface area contributed by atoms with E-state index in [0.29, 0.717) is 31.2 Å². The molecule has 0 N–H and O–H groups in total. The predicted octanol–water partition coefficient (Wildman–Crippen LogP) is 5.06. The molecule has 0 spiro atoms. The fourth-order valence-electron chi connectivity index (χ4n) is 3.06. The van der Waals surface area contributed by atoms with Crippen molar-refractivity contribution < 1.29 is 9.21 Å². The number of rotatable bonds is 7. The first-order valence-electron chi connectivity index (χ1n) is 9.42. The molecule has 0 radical (unpaired) electrons. The van der Waals surface area contributed by atoms with Crippen LogP contribution in [0.15, 0.2) is 75.8 Å². The maximum absolute atomic E-state index is 12.5. The molecule has 0 aliphatic heterocycles. The van der Waals surface area contributed by atoms with Crippen molar-refractivity contribution in [1.82, 2.24) is 15.1 Å². The molecule has 4 rings (SSSR count). The maximum Gasteiger partial charge on any atom is 0.248 e. The van der Waals surface area contributed by atoms with Gasteiger partial charge in [0.2, 0.25) is 17.7 Å². The molecule has 2 aromatic carbocycles. The molecule has 1 amide bonds. The van der Waals surface area contributed by atoms with E-state index in [1.165, 1.54) is 11.1 Å². The Morgan fingerprint density at radius 2 is 1.72 bits per heavy atom. The van der Waals surface area contributed by atoms with Crippen LogP contribution in [0, 0.1) is 0 Å². The van der Waals surface area contributed by atoms with E-state index >= 15 is 0 Å². The summed E-state index contributed by atoms with van der Waals surface area (Å²) in [7, 11) is 1.82. The van der Waals surface area contributed by atoms with Gasteiger partial charge in [0.25, 0.3) is 0 Å². The number of aryl methyl sites for hydroxylation is 1. The van der Waals surface area contributed by atoms with Crippen LogP contribution in [-0.2, 0) is 17.8 Å². The molecule has 0 atom stereocenters. The normalized spacial score (nSPS) is 10.8. The van der Waals surface area contributed by atoms with Gasteiger partial charge in [0.15, 0.2) is 0 Å². The third kappa shape index (κ3) is 4.78. The van der Waals surface area contributed by atoms with Crippen LogP contribution in [0.1, 0.15) is 17.9 Å². The minimum atomic E-state index is 0.0485. The van der Waals surface area contributed by atoms with Gasteiger partial charge < -0.3 is 9.32 Å². The third-order valence-electron chi connectivity index (χ3n) is 4.69. The highest BCUT2D eigenvalue weighted by Crippen LogP contribution is 2.21. The molecule has 0 aliphatic rings. The lowest BCUT2D eigenvalue weighted by atomic mass is 10.0. The van der Waals surface area contributed by atoms with Crippen LogP contribution in [0.3, 0.4) is 0 Å². The van der Waals surface area contributed by atoms with E-state index in [1.807, 2.05) is 42.1 Å². The lowest BCUT2D eigenvalue weighted by Gasteiger charge is -2.17. The highest BCUT2D eigenvalue weighted by atomic mass is 32.1. The first kappa shape index (κ1) is 19.1. The molecular formula is C23H21N3O2S. The van der Waals surface area contributed by atoms with E-state index in [0.717, 1.165) is 11.1 Å². The zero-order valence-electron chi connectivity index (χ0n) is 16.1. The largest absolute Gasteiger partial charge is 0.421 e. The third-order valence-corrected chi connectivity index (χ3v) is 5.38. The van der Waals surface area contributed by atoms with Crippen LogP contribution in [-0.4, -0.2) is 28.1 Å². The highest BCUT2D eigenvalue weighted by molar-refractivity contribution is 7.08. The van der Waals surface area contributed by atoms with E-state index in [2.05, 4.69) is 46.6 Å². The van der Waals surface area contributed by atoms with Gasteiger partial charge >= 0.3 is 0 Å². The number of thiophene rings is 1. The summed E-state index contributed by atoms with van der Waals surface area (Å²) in [4.78, 5) is 14.2. The molecule has 0 aliphatic carbocycles. The zero-order valence-corrected chi connectivity index (χ0v) is 16.9. The second-order valence-corrected chi connectivity index (χ2v) is 7.61. The van der Waals surface area contributed by atoms with Crippen LogP contribution in [0.4, 0.5) is 0 Å². The fraction of sp³-hybridized carbons (Fsp3) is 0.174. The Morgan fingerprint density at radius 1 is 0.966 bits per heavy atom. The Kier molecular flexibility index (Phi) is 5.81. The van der Waals surface area contributed by atoms with Crippen LogP contribution in [0.2, 0.25) is 0 Å². The molecule has 146 valence electrons. The fourth-order valence-corrected chi connectivity index (χ4v) is 3.69. The average molecular weight is 404 g/mol. The van der Waals surface area contributed by atoms with Gasteiger partial charge in [0, 0.05) is 37.4 Å². The Hall–Kier alpha value is -3.25. The summed E-state index contributed by atoms with van der Waals surface area (Å²) in [5.41, 5.74) is 4.36. The predicted molar refractivity (Wildman–Crippen MR) is 114 cm³/mol. The van der Waals surface area contributed by atoms with Crippen molar-refractivity contribution in [2.24, 2.45) is 0 Å². The number of carbonyl (C=O) groups excluding carboxylic acids is 1. The molecular weight excluding hydrogens is 382 g/mol. The molecule has 2 aromatic heterocycles. The van der Waals surface area contributed by atoms with E-state index in [1.54, 1.807) is 16.2 Å². The lowest BCUT2D eigenvalue weighted by Crippen LogP contribution is -2.26. The summed E-state index contributed by atoms with van der Waals surface area (Å²) in [6.45, 7) is 0.567. The van der Waals surface area contributed by atoms with Crippen LogP contribution < -0.4 is 0 Å². The number of nitrogens with zero attached hydrogens (tertiary/aromatic N) is 3. The molecule has 0 bridgehead atoms.